The van der Waals surface area contributed by atoms with Gasteiger partial charge in [-0.25, -0.2) is 9.59 Å². The van der Waals surface area contributed by atoms with Gasteiger partial charge in [-0.15, -0.1) is 0 Å². The fraction of sp³-hybridized carbons (Fsp3) is 0.846. The van der Waals surface area contributed by atoms with Crippen molar-refractivity contribution in [3.8, 4) is 0 Å². The number of nitrogens with one attached hydrogen (secondary N) is 1. The van der Waals surface area contributed by atoms with Gasteiger partial charge in [-0.1, -0.05) is 20.3 Å². The number of hydrogen-bond acceptors (Lipinski definition) is 2. The molecule has 1 saturated heterocycles. The summed E-state index contributed by atoms with van der Waals surface area (Å²) in [4.78, 5) is 24.9. The molecule has 0 spiro atoms. The molecule has 1 aliphatic heterocycles. The number of likely N-dealkylation sites (tertiary alicyclic amines) is 1. The molecular formula is C13H24N2O3. The van der Waals surface area contributed by atoms with E-state index in [0.717, 1.165) is 19.3 Å². The molecule has 0 aromatic rings. The second-order valence-corrected chi connectivity index (χ2v) is 5.31. The first-order valence-corrected chi connectivity index (χ1v) is 6.75. The van der Waals surface area contributed by atoms with Crippen molar-refractivity contribution in [2.24, 2.45) is 5.92 Å². The predicted molar refractivity (Wildman–Crippen MR) is 69.4 cm³/mol. The van der Waals surface area contributed by atoms with Gasteiger partial charge in [0.25, 0.3) is 0 Å². The quantitative estimate of drug-likeness (QED) is 0.809. The standard InChI is InChI=1S/C13H24N2O3/c1-4-5-11(12(16)17)14-13(18)15-8-9(2)6-7-10(15)3/h9-11H,4-8H2,1-3H3,(H,14,18)(H,16,17). The van der Waals surface area contributed by atoms with Crippen molar-refractivity contribution in [3.63, 3.8) is 0 Å². The van der Waals surface area contributed by atoms with Crippen molar-refractivity contribution in [3.05, 3.63) is 0 Å². The van der Waals surface area contributed by atoms with Crippen LogP contribution in [0.5, 0.6) is 0 Å². The van der Waals surface area contributed by atoms with Gasteiger partial charge in [0, 0.05) is 12.6 Å². The van der Waals surface area contributed by atoms with Crippen LogP contribution in [0.25, 0.3) is 0 Å². The minimum absolute atomic E-state index is 0.192. The minimum atomic E-state index is -0.956. The largest absolute Gasteiger partial charge is 0.480 e. The third-order valence-corrected chi connectivity index (χ3v) is 3.55. The smallest absolute Gasteiger partial charge is 0.326 e. The van der Waals surface area contributed by atoms with Gasteiger partial charge in [-0.05, 0) is 32.1 Å². The highest BCUT2D eigenvalue weighted by Gasteiger charge is 2.29. The molecule has 2 amide bonds. The van der Waals surface area contributed by atoms with E-state index in [4.69, 9.17) is 5.11 Å². The Balaban J connectivity index is 2.59. The van der Waals surface area contributed by atoms with Crippen LogP contribution in [0.2, 0.25) is 0 Å². The molecule has 1 heterocycles. The molecule has 1 rings (SSSR count). The number of piperidine rings is 1. The number of nitrogens with zero attached hydrogens (tertiary/aromatic N) is 1. The molecule has 0 saturated carbocycles. The summed E-state index contributed by atoms with van der Waals surface area (Å²) in [7, 11) is 0. The van der Waals surface area contributed by atoms with Gasteiger partial charge >= 0.3 is 12.0 Å². The van der Waals surface area contributed by atoms with Crippen LogP contribution in [0.15, 0.2) is 0 Å². The van der Waals surface area contributed by atoms with E-state index < -0.39 is 12.0 Å². The van der Waals surface area contributed by atoms with Crippen molar-refractivity contribution in [2.75, 3.05) is 6.54 Å². The molecule has 5 nitrogen and oxygen atoms in total. The number of urea groups is 1. The fourth-order valence-electron chi connectivity index (χ4n) is 2.35. The van der Waals surface area contributed by atoms with Crippen LogP contribution in [0.1, 0.15) is 46.5 Å². The molecule has 18 heavy (non-hydrogen) atoms. The van der Waals surface area contributed by atoms with E-state index in [1.807, 2.05) is 13.8 Å². The normalized spacial score (nSPS) is 25.6. The SMILES string of the molecule is CCCC(NC(=O)N1CC(C)CCC1C)C(=O)O. The van der Waals surface area contributed by atoms with Crippen LogP contribution in [-0.2, 0) is 4.79 Å². The Bertz CT molecular complexity index is 307. The summed E-state index contributed by atoms with van der Waals surface area (Å²) in [5.74, 6) is -0.468. The zero-order valence-electron chi connectivity index (χ0n) is 11.5. The molecule has 0 radical (unpaired) electrons. The van der Waals surface area contributed by atoms with Gasteiger partial charge in [0.2, 0.25) is 0 Å². The van der Waals surface area contributed by atoms with E-state index in [1.54, 1.807) is 4.90 Å². The lowest BCUT2D eigenvalue weighted by Gasteiger charge is -2.37. The van der Waals surface area contributed by atoms with Crippen LogP contribution in [0.3, 0.4) is 0 Å². The average Bonchev–Trinajstić information content (AvgIpc) is 2.31. The maximum atomic E-state index is 12.1. The number of carbonyl (C=O) groups is 2. The summed E-state index contributed by atoms with van der Waals surface area (Å²) in [5.41, 5.74) is 0. The Morgan fingerprint density at radius 2 is 2.06 bits per heavy atom. The first-order chi connectivity index (χ1) is 8.45. The number of carboxylic acid groups (broad SMARTS) is 1. The average molecular weight is 256 g/mol. The maximum absolute atomic E-state index is 12.1. The molecule has 2 N–H and O–H groups in total. The van der Waals surface area contributed by atoms with Crippen LogP contribution >= 0.6 is 0 Å². The number of hydrogen-bond donors (Lipinski definition) is 2. The topological polar surface area (TPSA) is 69.6 Å². The molecular weight excluding hydrogens is 232 g/mol. The summed E-state index contributed by atoms with van der Waals surface area (Å²) in [6.45, 7) is 6.76. The van der Waals surface area contributed by atoms with Gasteiger partial charge in [0.05, 0.1) is 0 Å². The number of carboxylic acids is 1. The highest BCUT2D eigenvalue weighted by Crippen LogP contribution is 2.21. The molecule has 104 valence electrons. The number of amides is 2. The molecule has 1 fully saturated rings. The third kappa shape index (κ3) is 3.89. The lowest BCUT2D eigenvalue weighted by atomic mass is 9.95. The van der Waals surface area contributed by atoms with Gasteiger partial charge < -0.3 is 15.3 Å². The highest BCUT2D eigenvalue weighted by atomic mass is 16.4. The predicted octanol–water partition coefficient (Wildman–Crippen LogP) is 2.07. The Morgan fingerprint density at radius 3 is 2.61 bits per heavy atom. The van der Waals surface area contributed by atoms with Crippen molar-refractivity contribution in [1.29, 1.82) is 0 Å². The Labute approximate surface area is 109 Å². The summed E-state index contributed by atoms with van der Waals surface area (Å²) in [5, 5.41) is 11.7. The monoisotopic (exact) mass is 256 g/mol. The van der Waals surface area contributed by atoms with E-state index in [-0.39, 0.29) is 12.1 Å². The van der Waals surface area contributed by atoms with Crippen LogP contribution in [0.4, 0.5) is 4.79 Å². The van der Waals surface area contributed by atoms with E-state index in [2.05, 4.69) is 12.2 Å². The molecule has 1 aliphatic rings. The van der Waals surface area contributed by atoms with Crippen molar-refractivity contribution < 1.29 is 14.7 Å². The summed E-state index contributed by atoms with van der Waals surface area (Å²) in [6.07, 6.45) is 3.32. The first-order valence-electron chi connectivity index (χ1n) is 6.75. The van der Waals surface area contributed by atoms with E-state index >= 15 is 0 Å². The Hall–Kier alpha value is -1.26. The third-order valence-electron chi connectivity index (χ3n) is 3.55. The molecule has 5 heteroatoms. The Morgan fingerprint density at radius 1 is 1.39 bits per heavy atom. The highest BCUT2D eigenvalue weighted by molar-refractivity contribution is 5.82. The second-order valence-electron chi connectivity index (χ2n) is 5.31. The number of rotatable bonds is 4. The van der Waals surface area contributed by atoms with Crippen LogP contribution < -0.4 is 5.32 Å². The summed E-state index contributed by atoms with van der Waals surface area (Å²) >= 11 is 0. The van der Waals surface area contributed by atoms with Crippen LogP contribution in [0, 0.1) is 5.92 Å². The molecule has 0 aliphatic carbocycles. The summed E-state index contributed by atoms with van der Waals surface area (Å²) in [6, 6.07) is -0.820. The fourth-order valence-corrected chi connectivity index (χ4v) is 2.35. The Kier molecular flexibility index (Phi) is 5.44. The van der Waals surface area contributed by atoms with Crippen LogP contribution in [-0.4, -0.2) is 40.6 Å². The summed E-state index contributed by atoms with van der Waals surface area (Å²) < 4.78 is 0. The molecule has 3 atom stereocenters. The second kappa shape index (κ2) is 6.61. The molecule has 0 bridgehead atoms. The molecule has 0 aromatic heterocycles. The van der Waals surface area contributed by atoms with E-state index in [9.17, 15) is 9.59 Å². The van der Waals surface area contributed by atoms with Gasteiger partial charge in [-0.2, -0.15) is 0 Å². The lowest BCUT2D eigenvalue weighted by Crippen LogP contribution is -2.53. The number of carbonyl (C=O) groups excluding carboxylic acids is 1. The number of aliphatic carboxylic acids is 1. The van der Waals surface area contributed by atoms with Crippen molar-refractivity contribution in [1.82, 2.24) is 10.2 Å². The van der Waals surface area contributed by atoms with E-state index in [0.29, 0.717) is 18.9 Å². The van der Waals surface area contributed by atoms with Crippen molar-refractivity contribution in [2.45, 2.75) is 58.5 Å². The van der Waals surface area contributed by atoms with Gasteiger partial charge in [0.15, 0.2) is 0 Å². The van der Waals surface area contributed by atoms with Gasteiger partial charge in [-0.3, -0.25) is 0 Å². The lowest BCUT2D eigenvalue weighted by molar-refractivity contribution is -0.139. The first kappa shape index (κ1) is 14.8. The van der Waals surface area contributed by atoms with Crippen molar-refractivity contribution >= 4 is 12.0 Å². The zero-order chi connectivity index (χ0) is 13.7. The van der Waals surface area contributed by atoms with E-state index in [1.165, 1.54) is 0 Å². The van der Waals surface area contributed by atoms with Gasteiger partial charge in [0.1, 0.15) is 6.04 Å². The zero-order valence-corrected chi connectivity index (χ0v) is 11.5. The minimum Gasteiger partial charge on any atom is -0.480 e. The molecule has 3 unspecified atom stereocenters. The maximum Gasteiger partial charge on any atom is 0.326 e. The molecule has 0 aromatic carbocycles.